The fourth-order valence-corrected chi connectivity index (χ4v) is 5.93. The summed E-state index contributed by atoms with van der Waals surface area (Å²) in [7, 11) is 0. The first-order valence-corrected chi connectivity index (χ1v) is 12.0. The van der Waals surface area contributed by atoms with Crippen molar-refractivity contribution < 1.29 is 9.59 Å². The smallest absolute Gasteiger partial charge is 0.253 e. The van der Waals surface area contributed by atoms with Crippen molar-refractivity contribution >= 4 is 45.0 Å². The molecule has 2 atom stereocenters. The van der Waals surface area contributed by atoms with Gasteiger partial charge in [0.25, 0.3) is 5.91 Å². The van der Waals surface area contributed by atoms with Gasteiger partial charge in [-0.3, -0.25) is 9.59 Å². The summed E-state index contributed by atoms with van der Waals surface area (Å²) in [5, 5.41) is 1.63. The maximum Gasteiger partial charge on any atom is 0.253 e. The maximum atomic E-state index is 13.5. The average Bonchev–Trinajstić information content (AvgIpc) is 3.45. The predicted octanol–water partition coefficient (Wildman–Crippen LogP) is 5.17. The predicted molar refractivity (Wildman–Crippen MR) is 123 cm³/mol. The first-order chi connectivity index (χ1) is 15.1. The van der Waals surface area contributed by atoms with Crippen LogP contribution in [0.15, 0.2) is 48.5 Å². The van der Waals surface area contributed by atoms with Gasteiger partial charge in [-0.05, 0) is 62.1 Å². The third-order valence-electron chi connectivity index (χ3n) is 6.28. The molecule has 31 heavy (non-hydrogen) atoms. The Bertz CT molecular complexity index is 1080. The van der Waals surface area contributed by atoms with E-state index in [4.69, 9.17) is 16.6 Å². The fourth-order valence-electron chi connectivity index (χ4n) is 4.69. The molecule has 2 aromatic carbocycles. The second kappa shape index (κ2) is 8.60. The molecule has 2 aliphatic rings. The maximum absolute atomic E-state index is 13.5. The summed E-state index contributed by atoms with van der Waals surface area (Å²) in [6.07, 6.45) is 3.61. The van der Waals surface area contributed by atoms with Gasteiger partial charge in [0.05, 0.1) is 22.2 Å². The zero-order chi connectivity index (χ0) is 21.4. The van der Waals surface area contributed by atoms with Crippen LogP contribution in [0.1, 0.15) is 47.1 Å². The van der Waals surface area contributed by atoms with Crippen LogP contribution in [0.25, 0.3) is 10.2 Å². The normalized spacial score (nSPS) is 21.6. The molecular weight excluding hydrogens is 430 g/mol. The van der Waals surface area contributed by atoms with E-state index in [1.165, 1.54) is 0 Å². The number of nitrogens with zero attached hydrogens (tertiary/aromatic N) is 3. The summed E-state index contributed by atoms with van der Waals surface area (Å²) in [5.41, 5.74) is 1.62. The number of piperidine rings is 1. The number of fused-ring (bicyclic) bond motifs is 1. The van der Waals surface area contributed by atoms with Crippen molar-refractivity contribution in [2.75, 3.05) is 19.6 Å². The highest BCUT2D eigenvalue weighted by atomic mass is 35.5. The van der Waals surface area contributed by atoms with Gasteiger partial charge in [0, 0.05) is 30.2 Å². The van der Waals surface area contributed by atoms with Crippen molar-refractivity contribution in [2.45, 2.75) is 31.7 Å². The van der Waals surface area contributed by atoms with E-state index in [0.29, 0.717) is 23.7 Å². The van der Waals surface area contributed by atoms with Gasteiger partial charge in [0.2, 0.25) is 5.91 Å². The molecule has 0 spiro atoms. The number of benzene rings is 2. The Labute approximate surface area is 190 Å². The Morgan fingerprint density at radius 3 is 2.58 bits per heavy atom. The van der Waals surface area contributed by atoms with Crippen LogP contribution < -0.4 is 0 Å². The van der Waals surface area contributed by atoms with Crippen molar-refractivity contribution in [2.24, 2.45) is 5.92 Å². The zero-order valence-electron chi connectivity index (χ0n) is 17.2. The largest absolute Gasteiger partial charge is 0.338 e. The average molecular weight is 454 g/mol. The molecule has 3 aromatic rings. The van der Waals surface area contributed by atoms with E-state index in [1.807, 2.05) is 28.0 Å². The topological polar surface area (TPSA) is 53.5 Å². The summed E-state index contributed by atoms with van der Waals surface area (Å²) in [6, 6.07) is 15.1. The fraction of sp³-hybridized carbons (Fsp3) is 0.375. The van der Waals surface area contributed by atoms with Gasteiger partial charge < -0.3 is 9.80 Å². The molecular formula is C24H24ClN3O2S. The van der Waals surface area contributed by atoms with E-state index in [0.717, 1.165) is 47.5 Å². The van der Waals surface area contributed by atoms with Crippen molar-refractivity contribution in [3.63, 3.8) is 0 Å². The number of hydrogen-bond acceptors (Lipinski definition) is 4. The molecule has 0 radical (unpaired) electrons. The molecule has 0 bridgehead atoms. The van der Waals surface area contributed by atoms with Crippen LogP contribution in [0.3, 0.4) is 0 Å². The lowest BCUT2D eigenvalue weighted by Crippen LogP contribution is -2.46. The number of amides is 2. The molecule has 1 aromatic heterocycles. The van der Waals surface area contributed by atoms with E-state index in [1.54, 1.807) is 35.6 Å². The minimum absolute atomic E-state index is 0.0293. The summed E-state index contributed by atoms with van der Waals surface area (Å²) in [4.78, 5) is 35.1. The third-order valence-corrected chi connectivity index (χ3v) is 7.67. The molecule has 0 unspecified atom stereocenters. The molecule has 0 saturated carbocycles. The SMILES string of the molecule is O=C(c1ccc(Cl)cc1)N1CCC[C@@H](C(=O)N2CCC[C@H]2c2nc3ccccc3s2)C1. The van der Waals surface area contributed by atoms with Gasteiger partial charge >= 0.3 is 0 Å². The van der Waals surface area contributed by atoms with E-state index < -0.39 is 0 Å². The van der Waals surface area contributed by atoms with Crippen LogP contribution in [-0.2, 0) is 4.79 Å². The van der Waals surface area contributed by atoms with E-state index >= 15 is 0 Å². The van der Waals surface area contributed by atoms with Crippen molar-refractivity contribution in [1.29, 1.82) is 0 Å². The van der Waals surface area contributed by atoms with E-state index in [9.17, 15) is 9.59 Å². The van der Waals surface area contributed by atoms with Crippen LogP contribution in [0.5, 0.6) is 0 Å². The molecule has 7 heteroatoms. The molecule has 0 N–H and O–H groups in total. The third kappa shape index (κ3) is 4.06. The number of halogens is 1. The Balaban J connectivity index is 1.31. The number of thiazole rings is 1. The lowest BCUT2D eigenvalue weighted by Gasteiger charge is -2.35. The molecule has 5 nitrogen and oxygen atoms in total. The number of carbonyl (C=O) groups excluding carboxylic acids is 2. The highest BCUT2D eigenvalue weighted by Crippen LogP contribution is 2.38. The van der Waals surface area contributed by atoms with Gasteiger partial charge in [0.1, 0.15) is 5.01 Å². The Morgan fingerprint density at radius 2 is 1.77 bits per heavy atom. The highest BCUT2D eigenvalue weighted by Gasteiger charge is 2.38. The van der Waals surface area contributed by atoms with Crippen LogP contribution in [0.2, 0.25) is 5.02 Å². The van der Waals surface area contributed by atoms with Gasteiger partial charge in [0.15, 0.2) is 0 Å². The number of carbonyl (C=O) groups is 2. The second-order valence-corrected chi connectivity index (χ2v) is 9.81. The van der Waals surface area contributed by atoms with Gasteiger partial charge in [-0.1, -0.05) is 23.7 Å². The summed E-state index contributed by atoms with van der Waals surface area (Å²) < 4.78 is 1.16. The monoisotopic (exact) mass is 453 g/mol. The number of likely N-dealkylation sites (tertiary alicyclic amines) is 2. The zero-order valence-corrected chi connectivity index (χ0v) is 18.7. The van der Waals surface area contributed by atoms with Gasteiger partial charge in [-0.2, -0.15) is 0 Å². The minimum Gasteiger partial charge on any atom is -0.338 e. The number of rotatable bonds is 3. The molecule has 2 saturated heterocycles. The lowest BCUT2D eigenvalue weighted by molar-refractivity contribution is -0.137. The van der Waals surface area contributed by atoms with Crippen LogP contribution in [-0.4, -0.2) is 46.2 Å². The van der Waals surface area contributed by atoms with Crippen LogP contribution in [0, 0.1) is 5.92 Å². The second-order valence-electron chi connectivity index (χ2n) is 8.31. The van der Waals surface area contributed by atoms with Crippen LogP contribution >= 0.6 is 22.9 Å². The summed E-state index contributed by atoms with van der Waals surface area (Å²) in [5.74, 6) is -0.0198. The summed E-state index contributed by atoms with van der Waals surface area (Å²) >= 11 is 7.64. The molecule has 2 amide bonds. The molecule has 160 valence electrons. The first-order valence-electron chi connectivity index (χ1n) is 10.8. The van der Waals surface area contributed by atoms with Crippen LogP contribution in [0.4, 0.5) is 0 Å². The van der Waals surface area contributed by atoms with Gasteiger partial charge in [-0.15, -0.1) is 11.3 Å². The van der Waals surface area contributed by atoms with E-state index in [2.05, 4.69) is 6.07 Å². The van der Waals surface area contributed by atoms with Gasteiger partial charge in [-0.25, -0.2) is 4.98 Å². The molecule has 0 aliphatic carbocycles. The van der Waals surface area contributed by atoms with Crippen molar-refractivity contribution in [3.05, 3.63) is 64.1 Å². The number of hydrogen-bond donors (Lipinski definition) is 0. The van der Waals surface area contributed by atoms with Crippen molar-refractivity contribution in [1.82, 2.24) is 14.8 Å². The Morgan fingerprint density at radius 1 is 1.00 bits per heavy atom. The molecule has 5 rings (SSSR count). The summed E-state index contributed by atoms with van der Waals surface area (Å²) in [6.45, 7) is 1.93. The Hall–Kier alpha value is -2.44. The Kier molecular flexibility index (Phi) is 5.67. The molecule has 2 fully saturated rings. The molecule has 3 heterocycles. The van der Waals surface area contributed by atoms with E-state index in [-0.39, 0.29) is 23.8 Å². The highest BCUT2D eigenvalue weighted by molar-refractivity contribution is 7.18. The first kappa shape index (κ1) is 20.5. The minimum atomic E-state index is -0.153. The molecule has 2 aliphatic heterocycles. The van der Waals surface area contributed by atoms with Crippen molar-refractivity contribution in [3.8, 4) is 0 Å². The lowest BCUT2D eigenvalue weighted by atomic mass is 9.95. The number of para-hydroxylation sites is 1. The quantitative estimate of drug-likeness (QED) is 0.550. The standard InChI is InChI=1S/C24H24ClN3O2S/c25-18-11-9-16(10-12-18)23(29)27-13-3-5-17(15-27)24(30)28-14-4-7-20(28)22-26-19-6-1-2-8-21(19)31-22/h1-2,6,8-12,17,20H,3-5,7,13-15H2/t17-,20+/m1/s1. The number of aromatic nitrogens is 1.